The number of hydrogen-bond donors (Lipinski definition) is 1. The molecule has 2 bridgehead atoms. The Morgan fingerprint density at radius 2 is 2.08 bits per heavy atom. The Morgan fingerprint density at radius 1 is 1.28 bits per heavy atom. The number of halogens is 3. The number of alkyl halides is 3. The molecule has 3 unspecified atom stereocenters. The second-order valence-electron chi connectivity index (χ2n) is 7.41. The van der Waals surface area contributed by atoms with E-state index in [1.807, 2.05) is 0 Å². The molecular weight excluding hydrogens is 349 g/mol. The third kappa shape index (κ3) is 2.32. The molecule has 3 heterocycles. The number of fused-ring (bicyclic) bond motifs is 4. The van der Waals surface area contributed by atoms with Crippen molar-refractivity contribution in [3.63, 3.8) is 0 Å². The topological polar surface area (TPSA) is 32.3 Å². The van der Waals surface area contributed by atoms with E-state index >= 15 is 0 Å². The van der Waals surface area contributed by atoms with E-state index in [9.17, 15) is 18.0 Å². The molecule has 2 aliphatic heterocycles. The molecule has 1 spiro atoms. The highest BCUT2D eigenvalue weighted by Gasteiger charge is 2.63. The fourth-order valence-electron chi connectivity index (χ4n) is 4.65. The number of thiophene rings is 1. The molecule has 2 saturated heterocycles. The lowest BCUT2D eigenvalue weighted by Crippen LogP contribution is -2.51. The van der Waals surface area contributed by atoms with Crippen LogP contribution in [0, 0.1) is 5.92 Å². The van der Waals surface area contributed by atoms with Crippen molar-refractivity contribution in [2.45, 2.75) is 37.0 Å². The van der Waals surface area contributed by atoms with Gasteiger partial charge < -0.3 is 5.32 Å². The van der Waals surface area contributed by atoms with Crippen LogP contribution in [0.5, 0.6) is 0 Å². The van der Waals surface area contributed by atoms with Crippen LogP contribution in [0.4, 0.5) is 13.2 Å². The first-order chi connectivity index (χ1) is 11.9. The fraction of sp³-hybridized carbons (Fsp3) is 0.500. The van der Waals surface area contributed by atoms with E-state index in [1.54, 1.807) is 6.07 Å². The predicted octanol–water partition coefficient (Wildman–Crippen LogP) is 3.89. The molecule has 25 heavy (non-hydrogen) atoms. The number of piperidine rings is 1. The number of amides is 1. The number of carbonyl (C=O) groups excluding carboxylic acids is 1. The van der Waals surface area contributed by atoms with Crippen molar-refractivity contribution >= 4 is 27.3 Å². The molecule has 132 valence electrons. The molecule has 1 aliphatic carbocycles. The zero-order chi connectivity index (χ0) is 17.4. The van der Waals surface area contributed by atoms with Crippen molar-refractivity contribution in [2.75, 3.05) is 13.1 Å². The maximum atomic E-state index is 12.8. The van der Waals surface area contributed by atoms with Crippen molar-refractivity contribution in [1.82, 2.24) is 10.2 Å². The van der Waals surface area contributed by atoms with Gasteiger partial charge in [0.05, 0.1) is 16.5 Å². The van der Waals surface area contributed by atoms with Crippen LogP contribution in [0.2, 0.25) is 0 Å². The molecule has 2 aromatic rings. The van der Waals surface area contributed by atoms with Gasteiger partial charge in [-0.25, -0.2) is 0 Å². The minimum atomic E-state index is -4.37. The molecule has 0 radical (unpaired) electrons. The molecule has 5 rings (SSSR count). The van der Waals surface area contributed by atoms with Crippen LogP contribution in [0.1, 0.15) is 34.5 Å². The molecule has 1 aromatic carbocycles. The summed E-state index contributed by atoms with van der Waals surface area (Å²) in [5.41, 5.74) is -0.513. The van der Waals surface area contributed by atoms with Crippen LogP contribution in [-0.4, -0.2) is 35.5 Å². The number of hydrogen-bond acceptors (Lipinski definition) is 3. The average Bonchev–Trinajstić information content (AvgIpc) is 2.96. The van der Waals surface area contributed by atoms with Gasteiger partial charge in [0.25, 0.3) is 5.91 Å². The van der Waals surface area contributed by atoms with Gasteiger partial charge in [0.15, 0.2) is 0 Å². The first-order valence-corrected chi connectivity index (χ1v) is 9.35. The molecule has 3 nitrogen and oxygen atoms in total. The Hall–Kier alpha value is -1.60. The van der Waals surface area contributed by atoms with Crippen LogP contribution in [0.3, 0.4) is 0 Å². The zero-order valence-corrected chi connectivity index (χ0v) is 14.2. The van der Waals surface area contributed by atoms with E-state index in [1.165, 1.54) is 17.4 Å². The lowest BCUT2D eigenvalue weighted by atomic mass is 9.92. The van der Waals surface area contributed by atoms with Crippen LogP contribution in [0.25, 0.3) is 10.1 Å². The molecule has 3 fully saturated rings. The van der Waals surface area contributed by atoms with Crippen molar-refractivity contribution in [2.24, 2.45) is 5.92 Å². The quantitative estimate of drug-likeness (QED) is 0.875. The summed E-state index contributed by atoms with van der Waals surface area (Å²) in [5, 5.41) is 3.67. The highest BCUT2D eigenvalue weighted by Crippen LogP contribution is 2.55. The summed E-state index contributed by atoms with van der Waals surface area (Å²) in [5.74, 6) is 0.359. The lowest BCUT2D eigenvalue weighted by Gasteiger charge is -2.33. The highest BCUT2D eigenvalue weighted by molar-refractivity contribution is 7.20. The summed E-state index contributed by atoms with van der Waals surface area (Å²) in [6.45, 7) is 2.19. The predicted molar refractivity (Wildman–Crippen MR) is 89.7 cm³/mol. The normalized spacial score (nSPS) is 29.5. The van der Waals surface area contributed by atoms with Gasteiger partial charge in [-0.1, -0.05) is 0 Å². The van der Waals surface area contributed by atoms with E-state index in [0.29, 0.717) is 20.9 Å². The third-order valence-electron chi connectivity index (χ3n) is 6.02. The van der Waals surface area contributed by atoms with Gasteiger partial charge in [-0.3, -0.25) is 9.69 Å². The van der Waals surface area contributed by atoms with E-state index in [0.717, 1.165) is 44.5 Å². The van der Waals surface area contributed by atoms with Crippen molar-refractivity contribution in [3.05, 3.63) is 34.7 Å². The van der Waals surface area contributed by atoms with Crippen molar-refractivity contribution in [3.8, 4) is 0 Å². The first-order valence-electron chi connectivity index (χ1n) is 8.54. The molecular formula is C18H17F3N2OS. The molecule has 7 heteroatoms. The third-order valence-corrected chi connectivity index (χ3v) is 7.14. The minimum absolute atomic E-state index is 0.153. The van der Waals surface area contributed by atoms with Crippen molar-refractivity contribution < 1.29 is 18.0 Å². The van der Waals surface area contributed by atoms with Gasteiger partial charge in [-0.15, -0.1) is 11.3 Å². The second-order valence-corrected chi connectivity index (χ2v) is 8.49. The first kappa shape index (κ1) is 15.6. The maximum Gasteiger partial charge on any atom is 0.416 e. The monoisotopic (exact) mass is 366 g/mol. The van der Waals surface area contributed by atoms with Gasteiger partial charge >= 0.3 is 6.18 Å². The second kappa shape index (κ2) is 4.98. The van der Waals surface area contributed by atoms with Gasteiger partial charge in [0, 0.05) is 16.8 Å². The van der Waals surface area contributed by atoms with Crippen LogP contribution in [-0.2, 0) is 6.18 Å². The van der Waals surface area contributed by atoms with Gasteiger partial charge in [0.1, 0.15) is 0 Å². The molecule has 3 aliphatic rings. The summed E-state index contributed by atoms with van der Waals surface area (Å²) >= 11 is 1.26. The Kier molecular flexibility index (Phi) is 3.11. The van der Waals surface area contributed by atoms with Gasteiger partial charge in [0.2, 0.25) is 0 Å². The summed E-state index contributed by atoms with van der Waals surface area (Å²) in [4.78, 5) is 15.7. The summed E-state index contributed by atoms with van der Waals surface area (Å²) < 4.78 is 39.3. The van der Waals surface area contributed by atoms with Crippen LogP contribution < -0.4 is 5.32 Å². The Bertz CT molecular complexity index is 871. The lowest BCUT2D eigenvalue weighted by molar-refractivity contribution is -0.137. The number of nitrogens with one attached hydrogen (secondary N) is 1. The molecule has 1 aromatic heterocycles. The van der Waals surface area contributed by atoms with E-state index < -0.39 is 11.7 Å². The van der Waals surface area contributed by atoms with Gasteiger partial charge in [-0.05, 0) is 61.4 Å². The molecule has 1 N–H and O–H groups in total. The van der Waals surface area contributed by atoms with Gasteiger partial charge in [-0.2, -0.15) is 13.2 Å². The zero-order valence-electron chi connectivity index (χ0n) is 13.4. The van der Waals surface area contributed by atoms with E-state index in [-0.39, 0.29) is 17.5 Å². The smallest absolute Gasteiger partial charge is 0.346 e. The molecule has 1 amide bonds. The number of rotatable bonds is 2. The average molecular weight is 366 g/mol. The van der Waals surface area contributed by atoms with E-state index in [4.69, 9.17) is 0 Å². The standard InChI is InChI=1S/C18H17F3N2OS/c19-18(20,21)12-1-2-13-11(7-12)8-14(25-13)16(24)22-15-10-3-6-23(9-10)17(15)4-5-17/h1-2,7-8,10,15H,3-6,9H2,(H,22,24). The van der Waals surface area contributed by atoms with Crippen molar-refractivity contribution in [1.29, 1.82) is 0 Å². The minimum Gasteiger partial charge on any atom is -0.346 e. The maximum absolute atomic E-state index is 12.8. The number of benzene rings is 1. The summed E-state index contributed by atoms with van der Waals surface area (Å²) in [7, 11) is 0. The molecule has 1 saturated carbocycles. The summed E-state index contributed by atoms with van der Waals surface area (Å²) in [6.07, 6.45) is -0.978. The number of nitrogens with zero attached hydrogens (tertiary/aromatic N) is 1. The summed E-state index contributed by atoms with van der Waals surface area (Å²) in [6, 6.07) is 5.41. The van der Waals surface area contributed by atoms with Crippen LogP contribution >= 0.6 is 11.3 Å². The molecule has 3 atom stereocenters. The highest BCUT2D eigenvalue weighted by atomic mass is 32.1. The Balaban J connectivity index is 1.40. The van der Waals surface area contributed by atoms with E-state index in [2.05, 4.69) is 10.2 Å². The number of carbonyl (C=O) groups is 1. The SMILES string of the molecule is O=C(NC1C2CCN(C2)C12CC2)c1cc2cc(C(F)(F)F)ccc2s1. The van der Waals surface area contributed by atoms with Crippen LogP contribution in [0.15, 0.2) is 24.3 Å². The Morgan fingerprint density at radius 3 is 2.80 bits per heavy atom. The fourth-order valence-corrected chi connectivity index (χ4v) is 5.60. The Labute approximate surface area is 146 Å². The largest absolute Gasteiger partial charge is 0.416 e.